The van der Waals surface area contributed by atoms with Crippen LogP contribution in [0.4, 0.5) is 10.7 Å². The van der Waals surface area contributed by atoms with Crippen LogP contribution in [0.25, 0.3) is 0 Å². The number of nitrogens with zero attached hydrogens (tertiary/aromatic N) is 2. The first kappa shape index (κ1) is 23.2. The number of fused-ring (bicyclic) bond motifs is 1. The number of pyridine rings is 1. The molecule has 3 aliphatic rings. The highest BCUT2D eigenvalue weighted by molar-refractivity contribution is 7.80. The van der Waals surface area contributed by atoms with Crippen molar-refractivity contribution in [3.05, 3.63) is 40.0 Å². The smallest absolute Gasteiger partial charge is 0.254 e. The van der Waals surface area contributed by atoms with Crippen LogP contribution in [0.2, 0.25) is 0 Å². The highest BCUT2D eigenvalue weighted by Crippen LogP contribution is 2.41. The first-order valence-electron chi connectivity index (χ1n) is 11.9. The van der Waals surface area contributed by atoms with Gasteiger partial charge in [-0.25, -0.2) is 5.84 Å². The minimum atomic E-state index is -0.0974. The van der Waals surface area contributed by atoms with Crippen molar-refractivity contribution in [2.24, 2.45) is 17.7 Å². The van der Waals surface area contributed by atoms with Gasteiger partial charge in [-0.3, -0.25) is 14.6 Å². The van der Waals surface area contributed by atoms with Crippen molar-refractivity contribution in [3.63, 3.8) is 0 Å². The van der Waals surface area contributed by atoms with Gasteiger partial charge < -0.3 is 21.0 Å². The van der Waals surface area contributed by atoms with E-state index in [2.05, 4.69) is 21.0 Å². The average Bonchev–Trinajstić information content (AvgIpc) is 3.75. The van der Waals surface area contributed by atoms with Crippen LogP contribution in [0, 0.1) is 18.8 Å². The number of carbonyl (C=O) groups is 2. The van der Waals surface area contributed by atoms with E-state index in [0.29, 0.717) is 34.6 Å². The van der Waals surface area contributed by atoms with Crippen molar-refractivity contribution >= 4 is 51.2 Å². The summed E-state index contributed by atoms with van der Waals surface area (Å²) in [4.78, 5) is 33.5. The van der Waals surface area contributed by atoms with Gasteiger partial charge in [0.25, 0.3) is 5.91 Å². The maximum Gasteiger partial charge on any atom is 0.254 e. The largest absolute Gasteiger partial charge is 0.352 e. The third-order valence-corrected chi connectivity index (χ3v) is 8.36. The van der Waals surface area contributed by atoms with E-state index < -0.39 is 0 Å². The highest BCUT2D eigenvalue weighted by atomic mass is 32.1. The molecule has 2 aromatic heterocycles. The molecule has 2 fully saturated rings. The van der Waals surface area contributed by atoms with Gasteiger partial charge >= 0.3 is 0 Å². The molecule has 0 unspecified atom stereocenters. The van der Waals surface area contributed by atoms with Gasteiger partial charge in [0.2, 0.25) is 5.91 Å². The Kier molecular flexibility index (Phi) is 6.54. The number of anilines is 2. The number of nitrogens with two attached hydrogens (primary N) is 1. The summed E-state index contributed by atoms with van der Waals surface area (Å²) in [5.74, 6) is 6.32. The number of hydrogen-bond acceptors (Lipinski definition) is 6. The summed E-state index contributed by atoms with van der Waals surface area (Å²) in [6.07, 6.45) is 8.21. The quantitative estimate of drug-likeness (QED) is 0.264. The lowest BCUT2D eigenvalue weighted by atomic mass is 9.89. The van der Waals surface area contributed by atoms with Crippen LogP contribution < -0.4 is 26.8 Å². The standard InChI is InChI=1S/C24H30N6O2S2/c1-13-18(3-2-10-26-13)30(24(33)29-25)16-8-9-19-17(11-16)20(22(32)27-12-14-4-5-14)23(34-19)28-21(31)15-6-7-15/h2-3,10,14-16H,4-9,11-12,25H2,1H3,(H,27,32)(H,28,31)(H,29,33)/t16-/m0/s1. The second kappa shape index (κ2) is 9.59. The van der Waals surface area contributed by atoms with E-state index in [4.69, 9.17) is 18.1 Å². The first-order valence-corrected chi connectivity index (χ1v) is 13.1. The molecule has 0 saturated heterocycles. The fraction of sp³-hybridized carbons (Fsp3) is 0.500. The summed E-state index contributed by atoms with van der Waals surface area (Å²) in [6.45, 7) is 2.63. The summed E-state index contributed by atoms with van der Waals surface area (Å²) in [6, 6.07) is 3.88. The Morgan fingerprint density at radius 2 is 2.06 bits per heavy atom. The normalized spacial score (nSPS) is 19.2. The topological polar surface area (TPSA) is 112 Å². The highest BCUT2D eigenvalue weighted by Gasteiger charge is 2.36. The molecule has 1 atom stereocenters. The summed E-state index contributed by atoms with van der Waals surface area (Å²) < 4.78 is 0. The van der Waals surface area contributed by atoms with Gasteiger partial charge in [-0.1, -0.05) is 0 Å². The Bertz CT molecular complexity index is 1120. The molecule has 2 amide bonds. The van der Waals surface area contributed by atoms with Crippen molar-refractivity contribution in [2.75, 3.05) is 16.8 Å². The lowest BCUT2D eigenvalue weighted by Crippen LogP contribution is -2.51. The third-order valence-electron chi connectivity index (χ3n) is 6.84. The summed E-state index contributed by atoms with van der Waals surface area (Å²) in [5, 5.41) is 7.28. The van der Waals surface area contributed by atoms with E-state index in [1.165, 1.54) is 12.8 Å². The number of carbonyl (C=O) groups excluding carboxylic acids is 2. The maximum absolute atomic E-state index is 13.4. The summed E-state index contributed by atoms with van der Waals surface area (Å²) >= 11 is 7.13. The van der Waals surface area contributed by atoms with E-state index in [9.17, 15) is 9.59 Å². The number of rotatable bonds is 7. The molecule has 5 N–H and O–H groups in total. The molecule has 34 heavy (non-hydrogen) atoms. The van der Waals surface area contributed by atoms with Gasteiger partial charge in [-0.15, -0.1) is 11.3 Å². The Hall–Kier alpha value is -2.56. The predicted octanol–water partition coefficient (Wildman–Crippen LogP) is 3.05. The van der Waals surface area contributed by atoms with Crippen LogP contribution in [-0.2, 0) is 17.6 Å². The van der Waals surface area contributed by atoms with E-state index in [-0.39, 0.29) is 23.8 Å². The van der Waals surface area contributed by atoms with Gasteiger partial charge in [0.15, 0.2) is 5.11 Å². The fourth-order valence-electron chi connectivity index (χ4n) is 4.59. The number of aromatic nitrogens is 1. The lowest BCUT2D eigenvalue weighted by molar-refractivity contribution is -0.117. The molecular formula is C24H30N6O2S2. The Morgan fingerprint density at radius 3 is 2.74 bits per heavy atom. The minimum Gasteiger partial charge on any atom is -0.352 e. The zero-order valence-corrected chi connectivity index (χ0v) is 20.9. The van der Waals surface area contributed by atoms with Gasteiger partial charge in [0.05, 0.1) is 16.9 Å². The minimum absolute atomic E-state index is 0.00974. The molecule has 0 radical (unpaired) electrons. The molecule has 8 nitrogen and oxygen atoms in total. The Morgan fingerprint density at radius 1 is 1.26 bits per heavy atom. The first-order chi connectivity index (χ1) is 16.5. The van der Waals surface area contributed by atoms with Crippen molar-refractivity contribution < 1.29 is 9.59 Å². The fourth-order valence-corrected chi connectivity index (χ4v) is 6.08. The molecule has 5 rings (SSSR count). The molecule has 2 heterocycles. The average molecular weight is 499 g/mol. The van der Waals surface area contributed by atoms with Gasteiger partial charge in [-0.05, 0) is 87.7 Å². The van der Waals surface area contributed by atoms with Crippen molar-refractivity contribution in [1.82, 2.24) is 15.7 Å². The lowest BCUT2D eigenvalue weighted by Gasteiger charge is -2.36. The monoisotopic (exact) mass is 498 g/mol. The van der Waals surface area contributed by atoms with Crippen molar-refractivity contribution in [1.29, 1.82) is 0 Å². The molecule has 0 bridgehead atoms. The van der Waals surface area contributed by atoms with Gasteiger partial charge in [0, 0.05) is 29.6 Å². The molecule has 0 aromatic carbocycles. The van der Waals surface area contributed by atoms with Crippen LogP contribution in [0.5, 0.6) is 0 Å². The number of hydrazine groups is 1. The Balaban J connectivity index is 1.47. The van der Waals surface area contributed by atoms with Crippen molar-refractivity contribution in [3.8, 4) is 0 Å². The number of hydrogen-bond donors (Lipinski definition) is 4. The van der Waals surface area contributed by atoms with Crippen LogP contribution in [-0.4, -0.2) is 34.5 Å². The van der Waals surface area contributed by atoms with E-state index in [1.54, 1.807) is 17.5 Å². The van der Waals surface area contributed by atoms with Crippen LogP contribution >= 0.6 is 23.6 Å². The number of aryl methyl sites for hydroxylation is 2. The van der Waals surface area contributed by atoms with Crippen molar-refractivity contribution in [2.45, 2.75) is 57.9 Å². The molecule has 0 spiro atoms. The Labute approximate surface area is 208 Å². The molecule has 2 saturated carbocycles. The molecule has 3 aliphatic carbocycles. The summed E-state index contributed by atoms with van der Waals surface area (Å²) in [5.41, 5.74) is 6.02. The summed E-state index contributed by atoms with van der Waals surface area (Å²) in [7, 11) is 0. The van der Waals surface area contributed by atoms with Gasteiger partial charge in [-0.2, -0.15) is 0 Å². The third kappa shape index (κ3) is 4.80. The second-order valence-corrected chi connectivity index (χ2v) is 10.9. The van der Waals surface area contributed by atoms with Gasteiger partial charge in [0.1, 0.15) is 5.00 Å². The van der Waals surface area contributed by atoms with E-state index in [1.807, 2.05) is 24.0 Å². The molecule has 0 aliphatic heterocycles. The number of nitrogens with one attached hydrogen (secondary N) is 3. The van der Waals surface area contributed by atoms with E-state index >= 15 is 0 Å². The number of thiophene rings is 1. The van der Waals surface area contributed by atoms with Crippen LogP contribution in [0.15, 0.2) is 18.3 Å². The predicted molar refractivity (Wildman–Crippen MR) is 138 cm³/mol. The van der Waals surface area contributed by atoms with Crippen LogP contribution in [0.1, 0.15) is 58.6 Å². The molecule has 2 aromatic rings. The second-order valence-electron chi connectivity index (χ2n) is 9.45. The molecule has 10 heteroatoms. The number of amides is 2. The zero-order valence-electron chi connectivity index (χ0n) is 19.2. The number of thiocarbonyl (C=S) groups is 1. The molecular weight excluding hydrogens is 468 g/mol. The molecule has 180 valence electrons. The SMILES string of the molecule is Cc1ncccc1N(C(=S)NN)[C@H]1CCc2sc(NC(=O)C3CC3)c(C(=O)NCC3CC3)c2C1. The maximum atomic E-state index is 13.4. The van der Waals surface area contributed by atoms with E-state index in [0.717, 1.165) is 47.5 Å². The zero-order chi connectivity index (χ0) is 23.8. The van der Waals surface area contributed by atoms with Crippen LogP contribution in [0.3, 0.4) is 0 Å².